The van der Waals surface area contributed by atoms with Crippen molar-refractivity contribution < 1.29 is 0 Å². The van der Waals surface area contributed by atoms with Gasteiger partial charge in [-0.15, -0.1) is 0 Å². The maximum absolute atomic E-state index is 8.66. The van der Waals surface area contributed by atoms with Crippen LogP contribution in [-0.4, -0.2) is 6.04 Å². The largest absolute Gasteiger partial charge is 0.381 e. The minimum atomic E-state index is 0.245. The van der Waals surface area contributed by atoms with Crippen LogP contribution in [0, 0.1) is 18.3 Å². The van der Waals surface area contributed by atoms with Crippen molar-refractivity contribution >= 4 is 21.6 Å². The molecule has 3 heteroatoms. The Morgan fingerprint density at radius 1 is 1.53 bits per heavy atom. The first-order chi connectivity index (χ1) is 7.17. The fourth-order valence-corrected chi connectivity index (χ4v) is 1.89. The molecule has 0 saturated carbocycles. The van der Waals surface area contributed by atoms with E-state index in [1.54, 1.807) is 0 Å². The van der Waals surface area contributed by atoms with Crippen LogP contribution in [-0.2, 0) is 0 Å². The van der Waals surface area contributed by atoms with Gasteiger partial charge in [0.05, 0.1) is 12.5 Å². The van der Waals surface area contributed by atoms with Crippen molar-refractivity contribution in [1.82, 2.24) is 0 Å². The molecule has 0 aliphatic rings. The molecule has 0 bridgehead atoms. The van der Waals surface area contributed by atoms with E-state index in [1.165, 1.54) is 5.56 Å². The molecule has 15 heavy (non-hydrogen) atoms. The molecule has 0 radical (unpaired) electrons. The van der Waals surface area contributed by atoms with Gasteiger partial charge in [-0.05, 0) is 37.1 Å². The van der Waals surface area contributed by atoms with Gasteiger partial charge in [0.1, 0.15) is 0 Å². The smallest absolute Gasteiger partial charge is 0.0643 e. The Kier molecular flexibility index (Phi) is 4.64. The molecule has 0 spiro atoms. The molecule has 0 aromatic heterocycles. The average Bonchev–Trinajstić information content (AvgIpc) is 2.21. The molecule has 0 amide bonds. The summed E-state index contributed by atoms with van der Waals surface area (Å²) in [6.45, 7) is 4.15. The first kappa shape index (κ1) is 12.1. The summed E-state index contributed by atoms with van der Waals surface area (Å²) < 4.78 is 1.08. The lowest BCUT2D eigenvalue weighted by molar-refractivity contribution is 0.710. The molecule has 1 atom stereocenters. The van der Waals surface area contributed by atoms with Gasteiger partial charge in [-0.25, -0.2) is 0 Å². The number of benzene rings is 1. The van der Waals surface area contributed by atoms with E-state index in [4.69, 9.17) is 5.26 Å². The molecule has 0 saturated heterocycles. The van der Waals surface area contributed by atoms with Crippen molar-refractivity contribution in [3.05, 3.63) is 28.2 Å². The van der Waals surface area contributed by atoms with Gasteiger partial charge >= 0.3 is 0 Å². The van der Waals surface area contributed by atoms with Gasteiger partial charge in [0.2, 0.25) is 0 Å². The van der Waals surface area contributed by atoms with Crippen LogP contribution in [0.3, 0.4) is 0 Å². The summed E-state index contributed by atoms with van der Waals surface area (Å²) in [5.74, 6) is 0. The van der Waals surface area contributed by atoms with Gasteiger partial charge < -0.3 is 5.32 Å². The second-order valence-corrected chi connectivity index (χ2v) is 4.49. The molecular formula is C12H15BrN2. The Morgan fingerprint density at radius 2 is 2.27 bits per heavy atom. The minimum Gasteiger partial charge on any atom is -0.381 e. The standard InChI is InChI=1S/C12H15BrN2/c1-3-11(6-7-14)15-12-5-4-10(13)8-9(12)2/h4-5,8,11,15H,3,6H2,1-2H3. The third-order valence-electron chi connectivity index (χ3n) is 2.38. The lowest BCUT2D eigenvalue weighted by Crippen LogP contribution is -2.18. The zero-order chi connectivity index (χ0) is 11.3. The summed E-state index contributed by atoms with van der Waals surface area (Å²) in [7, 11) is 0. The molecule has 1 aromatic rings. The molecule has 1 N–H and O–H groups in total. The number of nitriles is 1. The van der Waals surface area contributed by atoms with Crippen LogP contribution >= 0.6 is 15.9 Å². The van der Waals surface area contributed by atoms with Crippen LogP contribution in [0.15, 0.2) is 22.7 Å². The highest BCUT2D eigenvalue weighted by molar-refractivity contribution is 9.10. The summed E-state index contributed by atoms with van der Waals surface area (Å²) in [6, 6.07) is 8.56. The lowest BCUT2D eigenvalue weighted by atomic mass is 10.1. The van der Waals surface area contributed by atoms with Crippen molar-refractivity contribution in [2.75, 3.05) is 5.32 Å². The van der Waals surface area contributed by atoms with Crippen molar-refractivity contribution in [2.24, 2.45) is 0 Å². The number of hydrogen-bond donors (Lipinski definition) is 1. The van der Waals surface area contributed by atoms with E-state index in [2.05, 4.69) is 47.2 Å². The Balaban J connectivity index is 2.75. The fraction of sp³-hybridized carbons (Fsp3) is 0.417. The van der Waals surface area contributed by atoms with Crippen LogP contribution < -0.4 is 5.32 Å². The summed E-state index contributed by atoms with van der Waals surface area (Å²) in [5, 5.41) is 12.0. The van der Waals surface area contributed by atoms with E-state index in [9.17, 15) is 0 Å². The Morgan fingerprint density at radius 3 is 2.80 bits per heavy atom. The molecule has 2 nitrogen and oxygen atoms in total. The van der Waals surface area contributed by atoms with Crippen LogP contribution in [0.25, 0.3) is 0 Å². The second kappa shape index (κ2) is 5.77. The highest BCUT2D eigenvalue weighted by Gasteiger charge is 2.06. The van der Waals surface area contributed by atoms with Gasteiger partial charge in [0, 0.05) is 16.2 Å². The molecule has 0 aliphatic carbocycles. The first-order valence-corrected chi connectivity index (χ1v) is 5.86. The van der Waals surface area contributed by atoms with Gasteiger partial charge in [-0.3, -0.25) is 0 Å². The predicted molar refractivity (Wildman–Crippen MR) is 66.8 cm³/mol. The maximum Gasteiger partial charge on any atom is 0.0643 e. The summed E-state index contributed by atoms with van der Waals surface area (Å²) >= 11 is 3.43. The molecule has 0 aliphatic heterocycles. The van der Waals surface area contributed by atoms with Gasteiger partial charge in [-0.2, -0.15) is 5.26 Å². The van der Waals surface area contributed by atoms with Crippen molar-refractivity contribution in [1.29, 1.82) is 5.26 Å². The van der Waals surface area contributed by atoms with Crippen LogP contribution in [0.2, 0.25) is 0 Å². The maximum atomic E-state index is 8.66. The molecule has 0 heterocycles. The summed E-state index contributed by atoms with van der Waals surface area (Å²) in [5.41, 5.74) is 2.31. The number of hydrogen-bond acceptors (Lipinski definition) is 2. The Hall–Kier alpha value is -1.01. The second-order valence-electron chi connectivity index (χ2n) is 3.57. The molecule has 0 fully saturated rings. The third kappa shape index (κ3) is 3.56. The summed E-state index contributed by atoms with van der Waals surface area (Å²) in [4.78, 5) is 0. The van der Waals surface area contributed by atoms with E-state index in [-0.39, 0.29) is 6.04 Å². The lowest BCUT2D eigenvalue weighted by Gasteiger charge is -2.17. The fourth-order valence-electron chi connectivity index (χ4n) is 1.42. The van der Waals surface area contributed by atoms with Gasteiger partial charge in [0.25, 0.3) is 0 Å². The van der Waals surface area contributed by atoms with Crippen molar-refractivity contribution in [3.63, 3.8) is 0 Å². The van der Waals surface area contributed by atoms with Gasteiger partial charge in [-0.1, -0.05) is 22.9 Å². The number of rotatable bonds is 4. The number of nitrogens with zero attached hydrogens (tertiary/aromatic N) is 1. The van der Waals surface area contributed by atoms with E-state index in [1.807, 2.05) is 12.1 Å². The topological polar surface area (TPSA) is 35.8 Å². The average molecular weight is 267 g/mol. The van der Waals surface area contributed by atoms with Crippen LogP contribution in [0.1, 0.15) is 25.3 Å². The molecule has 1 aromatic carbocycles. The number of anilines is 1. The molecule has 1 rings (SSSR count). The van der Waals surface area contributed by atoms with Crippen LogP contribution in [0.4, 0.5) is 5.69 Å². The molecular weight excluding hydrogens is 252 g/mol. The highest BCUT2D eigenvalue weighted by Crippen LogP contribution is 2.21. The van der Waals surface area contributed by atoms with Crippen molar-refractivity contribution in [2.45, 2.75) is 32.7 Å². The molecule has 1 unspecified atom stereocenters. The highest BCUT2D eigenvalue weighted by atomic mass is 79.9. The number of halogens is 1. The van der Waals surface area contributed by atoms with E-state index in [0.717, 1.165) is 16.6 Å². The van der Waals surface area contributed by atoms with Crippen LogP contribution in [0.5, 0.6) is 0 Å². The van der Waals surface area contributed by atoms with Gasteiger partial charge in [0.15, 0.2) is 0 Å². The zero-order valence-electron chi connectivity index (χ0n) is 9.05. The minimum absolute atomic E-state index is 0.245. The summed E-state index contributed by atoms with van der Waals surface area (Å²) in [6.07, 6.45) is 1.51. The zero-order valence-corrected chi connectivity index (χ0v) is 10.6. The Labute approximate surface area is 99.4 Å². The third-order valence-corrected chi connectivity index (χ3v) is 2.87. The monoisotopic (exact) mass is 266 g/mol. The van der Waals surface area contributed by atoms with Crippen molar-refractivity contribution in [3.8, 4) is 6.07 Å². The number of aryl methyl sites for hydroxylation is 1. The molecule has 80 valence electrons. The SMILES string of the molecule is CCC(CC#N)Nc1ccc(Br)cc1C. The Bertz CT molecular complexity index is 368. The predicted octanol–water partition coefficient (Wildman–Crippen LogP) is 3.86. The van der Waals surface area contributed by atoms with E-state index >= 15 is 0 Å². The number of nitrogens with one attached hydrogen (secondary N) is 1. The van der Waals surface area contributed by atoms with E-state index in [0.29, 0.717) is 6.42 Å². The van der Waals surface area contributed by atoms with E-state index < -0.39 is 0 Å². The quantitative estimate of drug-likeness (QED) is 0.899. The normalized spacial score (nSPS) is 11.9. The first-order valence-electron chi connectivity index (χ1n) is 5.07.